The molecule has 0 aliphatic heterocycles. The van der Waals surface area contributed by atoms with E-state index in [0.717, 1.165) is 0 Å². The number of ketones is 1. The summed E-state index contributed by atoms with van der Waals surface area (Å²) in [5.74, 6) is -1.35. The third-order valence-electron chi connectivity index (χ3n) is 3.46. The van der Waals surface area contributed by atoms with Gasteiger partial charge in [-0.2, -0.15) is 5.26 Å². The van der Waals surface area contributed by atoms with Crippen LogP contribution in [0.25, 0.3) is 0 Å². The van der Waals surface area contributed by atoms with Crippen LogP contribution in [0.1, 0.15) is 5.56 Å². The molecule has 0 aliphatic carbocycles. The lowest BCUT2D eigenvalue weighted by atomic mass is 9.98. The molecule has 1 heterocycles. The highest BCUT2D eigenvalue weighted by atomic mass is 16.5. The molecule has 7 heteroatoms. The van der Waals surface area contributed by atoms with Gasteiger partial charge in [-0.05, 0) is 29.8 Å². The number of benzene rings is 1. The maximum atomic E-state index is 12.4. The Kier molecular flexibility index (Phi) is 6.07. The minimum absolute atomic E-state index is 0.0752. The van der Waals surface area contributed by atoms with Gasteiger partial charge in [-0.25, -0.2) is 4.98 Å². The molecule has 1 unspecified atom stereocenters. The molecule has 7 nitrogen and oxygen atoms in total. The van der Waals surface area contributed by atoms with Gasteiger partial charge in [0, 0.05) is 12.6 Å². The molecular weight excluding hydrogens is 322 g/mol. The first-order valence-electron chi connectivity index (χ1n) is 7.44. The molecule has 1 atom stereocenters. The van der Waals surface area contributed by atoms with E-state index in [2.05, 4.69) is 10.3 Å². The van der Waals surface area contributed by atoms with Crippen molar-refractivity contribution in [3.63, 3.8) is 0 Å². The first-order chi connectivity index (χ1) is 12.1. The van der Waals surface area contributed by atoms with Crippen molar-refractivity contribution in [1.29, 1.82) is 5.26 Å². The van der Waals surface area contributed by atoms with Crippen molar-refractivity contribution in [2.75, 3.05) is 19.5 Å². The van der Waals surface area contributed by atoms with Crippen LogP contribution in [-0.4, -0.2) is 30.9 Å². The van der Waals surface area contributed by atoms with Crippen LogP contribution >= 0.6 is 0 Å². The number of carbonyl (C=O) groups excluding carboxylic acids is 2. The zero-order valence-electron chi connectivity index (χ0n) is 13.9. The summed E-state index contributed by atoms with van der Waals surface area (Å²) in [6, 6.07) is 11.7. The Morgan fingerprint density at radius 1 is 1.20 bits per heavy atom. The number of carbonyl (C=O) groups is 2. The molecule has 0 radical (unpaired) electrons. The summed E-state index contributed by atoms with van der Waals surface area (Å²) < 4.78 is 10.3. The first-order valence-corrected chi connectivity index (χ1v) is 7.44. The average molecular weight is 339 g/mol. The monoisotopic (exact) mass is 339 g/mol. The molecule has 1 N–H and O–H groups in total. The van der Waals surface area contributed by atoms with E-state index in [-0.39, 0.29) is 12.2 Å². The van der Waals surface area contributed by atoms with Gasteiger partial charge < -0.3 is 14.8 Å². The number of nitrogens with one attached hydrogen (secondary N) is 1. The molecule has 1 amide bonds. The third kappa shape index (κ3) is 4.54. The molecule has 0 bridgehead atoms. The van der Waals surface area contributed by atoms with Crippen molar-refractivity contribution >= 4 is 17.5 Å². The van der Waals surface area contributed by atoms with E-state index in [1.165, 1.54) is 20.4 Å². The van der Waals surface area contributed by atoms with E-state index in [1.807, 2.05) is 0 Å². The second kappa shape index (κ2) is 8.45. The topological polar surface area (TPSA) is 101 Å². The van der Waals surface area contributed by atoms with Crippen LogP contribution in [0.3, 0.4) is 0 Å². The number of amides is 1. The molecule has 0 spiro atoms. The summed E-state index contributed by atoms with van der Waals surface area (Å²) in [6.45, 7) is 0. The highest BCUT2D eigenvalue weighted by Crippen LogP contribution is 2.28. The Morgan fingerprint density at radius 3 is 2.56 bits per heavy atom. The van der Waals surface area contributed by atoms with Crippen LogP contribution in [0.5, 0.6) is 11.5 Å². The standard InChI is InChI=1S/C18H17N3O4/c1-24-15-7-6-12(10-16(15)25-2)9-14(22)13(11-19)18(23)21-17-5-3-4-8-20-17/h3-8,10,13H,9H2,1-2H3,(H,20,21,23). The number of anilines is 1. The van der Waals surface area contributed by atoms with Crippen LogP contribution in [0.4, 0.5) is 5.82 Å². The quantitative estimate of drug-likeness (QED) is 0.774. The van der Waals surface area contributed by atoms with Gasteiger partial charge in [0.25, 0.3) is 5.91 Å². The Bertz CT molecular complexity index is 800. The summed E-state index contributed by atoms with van der Waals surface area (Å²) in [6.07, 6.45) is 1.43. The van der Waals surface area contributed by atoms with Crippen LogP contribution in [-0.2, 0) is 16.0 Å². The predicted octanol–water partition coefficient (Wildman–Crippen LogP) is 1.99. The fourth-order valence-electron chi connectivity index (χ4n) is 2.21. The molecule has 1 aromatic carbocycles. The first kappa shape index (κ1) is 17.9. The number of hydrogen-bond donors (Lipinski definition) is 1. The zero-order valence-corrected chi connectivity index (χ0v) is 13.9. The van der Waals surface area contributed by atoms with E-state index >= 15 is 0 Å². The Morgan fingerprint density at radius 2 is 1.96 bits per heavy atom. The SMILES string of the molecule is COc1ccc(CC(=O)C(C#N)C(=O)Nc2ccccn2)cc1OC. The maximum absolute atomic E-state index is 12.4. The van der Waals surface area contributed by atoms with Crippen LogP contribution in [0.15, 0.2) is 42.6 Å². The van der Waals surface area contributed by atoms with Crippen molar-refractivity contribution in [2.45, 2.75) is 6.42 Å². The number of pyridine rings is 1. The molecule has 0 saturated carbocycles. The Labute approximate surface area is 145 Å². The summed E-state index contributed by atoms with van der Waals surface area (Å²) in [4.78, 5) is 28.5. The van der Waals surface area contributed by atoms with Gasteiger partial charge in [-0.3, -0.25) is 9.59 Å². The molecule has 2 aromatic rings. The number of methoxy groups -OCH3 is 2. The molecule has 25 heavy (non-hydrogen) atoms. The van der Waals surface area contributed by atoms with E-state index in [9.17, 15) is 14.9 Å². The van der Waals surface area contributed by atoms with E-state index in [1.54, 1.807) is 42.5 Å². The molecule has 0 aliphatic rings. The minimum atomic E-state index is -1.42. The van der Waals surface area contributed by atoms with Gasteiger partial charge in [0.2, 0.25) is 0 Å². The van der Waals surface area contributed by atoms with Crippen molar-refractivity contribution in [2.24, 2.45) is 5.92 Å². The number of nitriles is 1. The summed E-state index contributed by atoms with van der Waals surface area (Å²) >= 11 is 0. The summed E-state index contributed by atoms with van der Waals surface area (Å²) in [5, 5.41) is 11.7. The lowest BCUT2D eigenvalue weighted by Crippen LogP contribution is -2.30. The highest BCUT2D eigenvalue weighted by molar-refractivity contribution is 6.09. The summed E-state index contributed by atoms with van der Waals surface area (Å²) in [7, 11) is 3.00. The second-order valence-electron chi connectivity index (χ2n) is 5.10. The average Bonchev–Trinajstić information content (AvgIpc) is 2.63. The number of ether oxygens (including phenoxy) is 2. The highest BCUT2D eigenvalue weighted by Gasteiger charge is 2.27. The van der Waals surface area contributed by atoms with Gasteiger partial charge in [0.15, 0.2) is 23.2 Å². The molecule has 0 saturated heterocycles. The zero-order chi connectivity index (χ0) is 18.2. The number of Topliss-reactive ketones (excluding diaryl/α,β-unsaturated/α-hetero) is 1. The molecule has 0 fully saturated rings. The molecule has 1 aromatic heterocycles. The largest absolute Gasteiger partial charge is 0.493 e. The molecule has 128 valence electrons. The number of aromatic nitrogens is 1. The lowest BCUT2D eigenvalue weighted by Gasteiger charge is -2.11. The van der Waals surface area contributed by atoms with Crippen molar-refractivity contribution < 1.29 is 19.1 Å². The second-order valence-corrected chi connectivity index (χ2v) is 5.10. The van der Waals surface area contributed by atoms with Gasteiger partial charge in [0.05, 0.1) is 20.3 Å². The van der Waals surface area contributed by atoms with Gasteiger partial charge in [-0.1, -0.05) is 12.1 Å². The normalized spacial score (nSPS) is 11.1. The van der Waals surface area contributed by atoms with E-state index in [4.69, 9.17) is 9.47 Å². The number of rotatable bonds is 7. The van der Waals surface area contributed by atoms with Crippen molar-refractivity contribution in [3.05, 3.63) is 48.2 Å². The number of nitrogens with zero attached hydrogens (tertiary/aromatic N) is 2. The fraction of sp³-hybridized carbons (Fsp3) is 0.222. The van der Waals surface area contributed by atoms with Gasteiger partial charge in [-0.15, -0.1) is 0 Å². The van der Waals surface area contributed by atoms with Crippen molar-refractivity contribution in [3.8, 4) is 17.6 Å². The van der Waals surface area contributed by atoms with Crippen LogP contribution in [0, 0.1) is 17.2 Å². The molecule has 2 rings (SSSR count). The lowest BCUT2D eigenvalue weighted by molar-refractivity contribution is -0.128. The van der Waals surface area contributed by atoms with Crippen LogP contribution in [0.2, 0.25) is 0 Å². The Hall–Kier alpha value is -3.40. The smallest absolute Gasteiger partial charge is 0.250 e. The minimum Gasteiger partial charge on any atom is -0.493 e. The van der Waals surface area contributed by atoms with E-state index < -0.39 is 17.6 Å². The Balaban J connectivity index is 2.10. The third-order valence-corrected chi connectivity index (χ3v) is 3.46. The predicted molar refractivity (Wildman–Crippen MR) is 90.2 cm³/mol. The summed E-state index contributed by atoms with van der Waals surface area (Å²) in [5.41, 5.74) is 0.619. The van der Waals surface area contributed by atoms with E-state index in [0.29, 0.717) is 17.1 Å². The fourth-order valence-corrected chi connectivity index (χ4v) is 2.21. The van der Waals surface area contributed by atoms with Crippen LogP contribution < -0.4 is 14.8 Å². The van der Waals surface area contributed by atoms with Gasteiger partial charge in [0.1, 0.15) is 5.82 Å². The maximum Gasteiger partial charge on any atom is 0.250 e. The molecular formula is C18H17N3O4. The van der Waals surface area contributed by atoms with Gasteiger partial charge >= 0.3 is 0 Å². The number of hydrogen-bond acceptors (Lipinski definition) is 6. The van der Waals surface area contributed by atoms with Crippen molar-refractivity contribution in [1.82, 2.24) is 4.98 Å².